The quantitative estimate of drug-likeness (QED) is 0.333. The highest BCUT2D eigenvalue weighted by Crippen LogP contribution is 2.45. The highest BCUT2D eigenvalue weighted by Gasteiger charge is 2.20. The molecule has 0 aliphatic carbocycles. The summed E-state index contributed by atoms with van der Waals surface area (Å²) in [5.74, 6) is 0. The predicted molar refractivity (Wildman–Crippen MR) is 112 cm³/mol. The van der Waals surface area contributed by atoms with Crippen LogP contribution < -0.4 is 4.90 Å². The summed E-state index contributed by atoms with van der Waals surface area (Å²) in [6, 6.07) is 21.7. The van der Waals surface area contributed by atoms with Crippen LogP contribution in [-0.2, 0) is 0 Å². The van der Waals surface area contributed by atoms with Gasteiger partial charge in [-0.1, -0.05) is 30.3 Å². The van der Waals surface area contributed by atoms with E-state index >= 15 is 0 Å². The zero-order valence-electron chi connectivity index (χ0n) is 13.9. The summed E-state index contributed by atoms with van der Waals surface area (Å²) in [6.07, 6.45) is 8.14. The second kappa shape index (κ2) is 5.16. The van der Waals surface area contributed by atoms with E-state index in [1.165, 1.54) is 42.2 Å². The van der Waals surface area contributed by atoms with Crippen LogP contribution in [0, 0.1) is 0 Å². The summed E-state index contributed by atoms with van der Waals surface area (Å²) in [7, 11) is 0. The molecular weight excluding hydrogens is 336 g/mol. The van der Waals surface area contributed by atoms with E-state index in [9.17, 15) is 0 Å². The van der Waals surface area contributed by atoms with Gasteiger partial charge in [0.1, 0.15) is 0 Å². The molecule has 0 N–H and O–H groups in total. The first-order chi connectivity index (χ1) is 12.9. The molecule has 1 aliphatic heterocycles. The van der Waals surface area contributed by atoms with Crippen LogP contribution >= 0.6 is 11.3 Å². The fraction of sp³-hybridized carbons (Fsp3) is 0. The lowest BCUT2D eigenvalue weighted by Gasteiger charge is -2.26. The lowest BCUT2D eigenvalue weighted by molar-refractivity contribution is 1.23. The Morgan fingerprint density at radius 2 is 1.81 bits per heavy atom. The molecule has 3 heteroatoms. The molecule has 0 radical (unpaired) electrons. The van der Waals surface area contributed by atoms with Gasteiger partial charge in [0.15, 0.2) is 0 Å². The van der Waals surface area contributed by atoms with Gasteiger partial charge in [-0.25, -0.2) is 0 Å². The van der Waals surface area contributed by atoms with Gasteiger partial charge in [-0.05, 0) is 47.4 Å². The van der Waals surface area contributed by atoms with E-state index in [1.807, 2.05) is 29.8 Å². The molecule has 0 saturated heterocycles. The third kappa shape index (κ3) is 1.83. The number of hydrogen-bond acceptors (Lipinski definition) is 3. The molecule has 6 rings (SSSR count). The fourth-order valence-corrected chi connectivity index (χ4v) is 5.17. The number of benzene rings is 3. The molecular formula is C23H14N2S. The fourth-order valence-electron chi connectivity index (χ4n) is 4.00. The Labute approximate surface area is 154 Å². The molecule has 2 aromatic heterocycles. The van der Waals surface area contributed by atoms with Gasteiger partial charge < -0.3 is 4.90 Å². The maximum atomic E-state index is 4.29. The van der Waals surface area contributed by atoms with Crippen molar-refractivity contribution in [1.82, 2.24) is 4.98 Å². The number of nitrogens with zero attached hydrogens (tertiary/aromatic N) is 2. The molecule has 122 valence electrons. The van der Waals surface area contributed by atoms with Crippen LogP contribution in [0.4, 0.5) is 11.4 Å². The molecule has 0 unspecified atom stereocenters. The average molecular weight is 350 g/mol. The molecule has 0 amide bonds. The maximum Gasteiger partial charge on any atom is 0.0639 e. The SMILES string of the molecule is C1=CN(c2cccnc2)c2cccc3cc4sc5ccccc5c4c1c23. The molecule has 0 spiro atoms. The van der Waals surface area contributed by atoms with Crippen molar-refractivity contribution in [2.45, 2.75) is 0 Å². The zero-order chi connectivity index (χ0) is 17.1. The lowest BCUT2D eigenvalue weighted by Crippen LogP contribution is -2.12. The van der Waals surface area contributed by atoms with Crippen molar-refractivity contribution in [2.24, 2.45) is 0 Å². The summed E-state index contributed by atoms with van der Waals surface area (Å²) in [5, 5.41) is 5.32. The smallest absolute Gasteiger partial charge is 0.0639 e. The number of fused-ring (bicyclic) bond motifs is 4. The van der Waals surface area contributed by atoms with Crippen molar-refractivity contribution < 1.29 is 0 Å². The average Bonchev–Trinajstić information content (AvgIpc) is 3.07. The van der Waals surface area contributed by atoms with Crippen LogP contribution in [0.5, 0.6) is 0 Å². The zero-order valence-corrected chi connectivity index (χ0v) is 14.7. The molecule has 3 aromatic carbocycles. The van der Waals surface area contributed by atoms with Crippen molar-refractivity contribution in [1.29, 1.82) is 0 Å². The molecule has 2 nitrogen and oxygen atoms in total. The minimum atomic E-state index is 1.08. The van der Waals surface area contributed by atoms with Crippen molar-refractivity contribution in [2.75, 3.05) is 4.90 Å². The Kier molecular flexibility index (Phi) is 2.79. The highest BCUT2D eigenvalue weighted by atomic mass is 32.1. The Hall–Kier alpha value is -3.17. The van der Waals surface area contributed by atoms with Gasteiger partial charge in [-0.3, -0.25) is 4.98 Å². The van der Waals surface area contributed by atoms with Gasteiger partial charge in [0.2, 0.25) is 0 Å². The van der Waals surface area contributed by atoms with E-state index in [-0.39, 0.29) is 0 Å². The maximum absolute atomic E-state index is 4.29. The standard InChI is InChI=1S/C23H14N2S/c1-2-9-20-17(7-1)23-18-10-12-25(16-6-4-11-24-14-16)19-8-3-5-15(22(18)19)13-21(23)26-20/h1-14H. The largest absolute Gasteiger partial charge is 0.315 e. The Bertz CT molecular complexity index is 1330. The summed E-state index contributed by atoms with van der Waals surface area (Å²) in [5.41, 5.74) is 3.62. The first-order valence-corrected chi connectivity index (χ1v) is 9.46. The number of aromatic nitrogens is 1. The number of pyridine rings is 1. The molecule has 5 aromatic rings. The van der Waals surface area contributed by atoms with E-state index in [4.69, 9.17) is 0 Å². The molecule has 3 heterocycles. The Balaban J connectivity index is 1.76. The molecule has 0 fully saturated rings. The first kappa shape index (κ1) is 14.0. The van der Waals surface area contributed by atoms with Crippen LogP contribution in [0.2, 0.25) is 0 Å². The highest BCUT2D eigenvalue weighted by molar-refractivity contribution is 7.26. The lowest BCUT2D eigenvalue weighted by atomic mass is 9.95. The van der Waals surface area contributed by atoms with Crippen LogP contribution in [0.25, 0.3) is 37.0 Å². The molecule has 0 saturated carbocycles. The molecule has 26 heavy (non-hydrogen) atoms. The third-order valence-corrected chi connectivity index (χ3v) is 6.21. The Morgan fingerprint density at radius 3 is 2.73 bits per heavy atom. The van der Waals surface area contributed by atoms with Crippen LogP contribution in [0.3, 0.4) is 0 Å². The van der Waals surface area contributed by atoms with Gasteiger partial charge in [0.05, 0.1) is 17.6 Å². The third-order valence-electron chi connectivity index (χ3n) is 5.10. The van der Waals surface area contributed by atoms with Crippen molar-refractivity contribution in [3.05, 3.63) is 84.8 Å². The second-order valence-electron chi connectivity index (χ2n) is 6.53. The van der Waals surface area contributed by atoms with Crippen LogP contribution in [0.15, 0.2) is 79.3 Å². The monoisotopic (exact) mass is 350 g/mol. The topological polar surface area (TPSA) is 16.1 Å². The summed E-state index contributed by atoms with van der Waals surface area (Å²) < 4.78 is 2.70. The summed E-state index contributed by atoms with van der Waals surface area (Å²) >= 11 is 1.88. The van der Waals surface area contributed by atoms with E-state index in [0.29, 0.717) is 0 Å². The second-order valence-corrected chi connectivity index (χ2v) is 7.62. The van der Waals surface area contributed by atoms with E-state index in [0.717, 1.165) is 5.69 Å². The minimum Gasteiger partial charge on any atom is -0.315 e. The predicted octanol–water partition coefficient (Wildman–Crippen LogP) is 6.73. The van der Waals surface area contributed by atoms with Crippen LogP contribution in [0.1, 0.15) is 5.56 Å². The summed E-state index contributed by atoms with van der Waals surface area (Å²) in [4.78, 5) is 6.51. The van der Waals surface area contributed by atoms with Gasteiger partial charge in [0, 0.05) is 38.0 Å². The van der Waals surface area contributed by atoms with Crippen LogP contribution in [-0.4, -0.2) is 4.98 Å². The summed E-state index contributed by atoms with van der Waals surface area (Å²) in [6.45, 7) is 0. The molecule has 0 atom stereocenters. The molecule has 0 bridgehead atoms. The Morgan fingerprint density at radius 1 is 0.846 bits per heavy atom. The van der Waals surface area contributed by atoms with Gasteiger partial charge in [-0.15, -0.1) is 11.3 Å². The first-order valence-electron chi connectivity index (χ1n) is 8.64. The van der Waals surface area contributed by atoms with E-state index in [2.05, 4.69) is 76.8 Å². The molecule has 1 aliphatic rings. The van der Waals surface area contributed by atoms with E-state index < -0.39 is 0 Å². The van der Waals surface area contributed by atoms with Gasteiger partial charge in [0.25, 0.3) is 0 Å². The normalized spacial score (nSPS) is 13.2. The van der Waals surface area contributed by atoms with E-state index in [1.54, 1.807) is 0 Å². The van der Waals surface area contributed by atoms with Gasteiger partial charge >= 0.3 is 0 Å². The number of anilines is 2. The minimum absolute atomic E-state index is 1.08. The van der Waals surface area contributed by atoms with Crippen molar-refractivity contribution in [3.63, 3.8) is 0 Å². The number of thiophene rings is 1. The van der Waals surface area contributed by atoms with Crippen molar-refractivity contribution >= 4 is 59.7 Å². The van der Waals surface area contributed by atoms with Crippen molar-refractivity contribution in [3.8, 4) is 0 Å². The van der Waals surface area contributed by atoms with Gasteiger partial charge in [-0.2, -0.15) is 0 Å². The number of rotatable bonds is 1. The number of hydrogen-bond donors (Lipinski definition) is 0.